The fourth-order valence-corrected chi connectivity index (χ4v) is 4.12. The van der Waals surface area contributed by atoms with Crippen LogP contribution in [-0.4, -0.2) is 31.2 Å². The number of hydrogen-bond donors (Lipinski definition) is 4. The molecule has 0 aliphatic heterocycles. The molecule has 0 aliphatic rings. The molecule has 0 aromatic rings. The lowest BCUT2D eigenvalue weighted by molar-refractivity contribution is -0.115. The van der Waals surface area contributed by atoms with Crippen molar-refractivity contribution in [2.24, 2.45) is 0 Å². The Morgan fingerprint density at radius 1 is 0.920 bits per heavy atom. The Hall–Kier alpha value is -0.330. The lowest BCUT2D eigenvalue weighted by atomic mass is 10.0. The maximum atomic E-state index is 11.3. The minimum Gasteiger partial charge on any atom is -0.323 e. The van der Waals surface area contributed by atoms with Crippen molar-refractivity contribution >= 4 is 21.2 Å². The molecule has 25 heavy (non-hydrogen) atoms. The average Bonchev–Trinajstić information content (AvgIpc) is 2.45. The van der Waals surface area contributed by atoms with Crippen molar-refractivity contribution in [1.82, 2.24) is 0 Å². The molecule has 0 rings (SSSR count). The van der Waals surface area contributed by atoms with Gasteiger partial charge < -0.3 is 19.6 Å². The standard InChI is InChI=1S/C15H30O8P2/c1-13(2)14(16)11-9-7-5-3-4-6-8-10-12-15(24(17,18)19)23-25(20,21)22/h15H,1,3-12H2,2H3,(H2,17,18,19)(H2,20,21,22). The second-order valence-electron chi connectivity index (χ2n) is 6.21. The van der Waals surface area contributed by atoms with E-state index in [0.29, 0.717) is 24.8 Å². The van der Waals surface area contributed by atoms with Crippen LogP contribution in [-0.2, 0) is 18.4 Å². The molecule has 0 spiro atoms. The van der Waals surface area contributed by atoms with Crippen molar-refractivity contribution in [1.29, 1.82) is 0 Å². The number of rotatable bonds is 15. The molecular weight excluding hydrogens is 370 g/mol. The quantitative estimate of drug-likeness (QED) is 0.185. The Kier molecular flexibility index (Phi) is 12.0. The highest BCUT2D eigenvalue weighted by atomic mass is 31.2. The normalized spacial score (nSPS) is 13.6. The van der Waals surface area contributed by atoms with Gasteiger partial charge in [-0.2, -0.15) is 0 Å². The molecule has 8 nitrogen and oxygen atoms in total. The molecule has 0 saturated carbocycles. The molecule has 1 unspecified atom stereocenters. The molecule has 0 amide bonds. The molecule has 1 atom stereocenters. The van der Waals surface area contributed by atoms with E-state index in [-0.39, 0.29) is 12.2 Å². The number of ketones is 1. The first-order chi connectivity index (χ1) is 11.4. The molecule has 0 fully saturated rings. The van der Waals surface area contributed by atoms with E-state index in [9.17, 15) is 13.9 Å². The van der Waals surface area contributed by atoms with Crippen LogP contribution in [0.1, 0.15) is 71.1 Å². The highest BCUT2D eigenvalue weighted by Crippen LogP contribution is 2.52. The molecule has 0 aliphatic carbocycles. The van der Waals surface area contributed by atoms with Gasteiger partial charge in [-0.25, -0.2) is 4.57 Å². The maximum Gasteiger partial charge on any atom is 0.470 e. The van der Waals surface area contributed by atoms with Crippen LogP contribution in [0.25, 0.3) is 0 Å². The smallest absolute Gasteiger partial charge is 0.323 e. The Morgan fingerprint density at radius 2 is 1.36 bits per heavy atom. The Balaban J connectivity index is 3.74. The SMILES string of the molecule is C=C(C)C(=O)CCCCCCCCCCC(OP(=O)(O)O)P(=O)(O)O. The summed E-state index contributed by atoms with van der Waals surface area (Å²) in [6.07, 6.45) is 7.28. The van der Waals surface area contributed by atoms with Gasteiger partial charge >= 0.3 is 15.4 Å². The van der Waals surface area contributed by atoms with Gasteiger partial charge in [0.15, 0.2) is 11.6 Å². The minimum absolute atomic E-state index is 0.0988. The Morgan fingerprint density at radius 3 is 1.76 bits per heavy atom. The number of phosphoric ester groups is 1. The van der Waals surface area contributed by atoms with Crippen molar-refractivity contribution in [2.45, 2.75) is 77.0 Å². The molecule has 0 aromatic carbocycles. The van der Waals surface area contributed by atoms with Crippen LogP contribution in [0.4, 0.5) is 0 Å². The van der Waals surface area contributed by atoms with Crippen molar-refractivity contribution in [3.8, 4) is 0 Å². The van der Waals surface area contributed by atoms with E-state index in [4.69, 9.17) is 19.6 Å². The van der Waals surface area contributed by atoms with Gasteiger partial charge in [0.2, 0.25) is 0 Å². The number of phosphoric acid groups is 1. The maximum absolute atomic E-state index is 11.3. The zero-order chi connectivity index (χ0) is 19.5. The third-order valence-electron chi connectivity index (χ3n) is 3.72. The number of carbonyl (C=O) groups excluding carboxylic acids is 1. The Bertz CT molecular complexity index is 508. The number of Topliss-reactive ketones (excluding diaryl/α,β-unsaturated/α-hetero) is 1. The van der Waals surface area contributed by atoms with Gasteiger partial charge in [0, 0.05) is 6.42 Å². The average molecular weight is 400 g/mol. The van der Waals surface area contributed by atoms with Crippen LogP contribution in [0.5, 0.6) is 0 Å². The summed E-state index contributed by atoms with van der Waals surface area (Å²) in [4.78, 5) is 46.8. The van der Waals surface area contributed by atoms with Crippen LogP contribution in [0.2, 0.25) is 0 Å². The van der Waals surface area contributed by atoms with Gasteiger partial charge in [-0.1, -0.05) is 51.5 Å². The number of carbonyl (C=O) groups is 1. The van der Waals surface area contributed by atoms with Crippen LogP contribution >= 0.6 is 15.4 Å². The summed E-state index contributed by atoms with van der Waals surface area (Å²) in [6, 6.07) is 0. The zero-order valence-electron chi connectivity index (χ0n) is 14.7. The van der Waals surface area contributed by atoms with E-state index in [0.717, 1.165) is 38.5 Å². The van der Waals surface area contributed by atoms with E-state index in [1.165, 1.54) is 0 Å². The topological polar surface area (TPSA) is 141 Å². The minimum atomic E-state index is -4.93. The molecule has 148 valence electrons. The highest BCUT2D eigenvalue weighted by molar-refractivity contribution is 7.53. The number of allylic oxidation sites excluding steroid dienone is 1. The summed E-state index contributed by atoms with van der Waals surface area (Å²) in [5.74, 6) is -1.66. The summed E-state index contributed by atoms with van der Waals surface area (Å²) < 4.78 is 26.1. The van der Waals surface area contributed by atoms with Crippen LogP contribution in [0.3, 0.4) is 0 Å². The largest absolute Gasteiger partial charge is 0.470 e. The summed E-state index contributed by atoms with van der Waals surface area (Å²) in [5, 5.41) is 0. The number of unbranched alkanes of at least 4 members (excludes halogenated alkanes) is 7. The van der Waals surface area contributed by atoms with Gasteiger partial charge in [0.05, 0.1) is 0 Å². The molecule has 0 bridgehead atoms. The predicted octanol–water partition coefficient (Wildman–Crippen LogP) is 3.65. The first-order valence-corrected chi connectivity index (χ1v) is 11.6. The molecule has 4 N–H and O–H groups in total. The van der Waals surface area contributed by atoms with Crippen LogP contribution in [0, 0.1) is 0 Å². The van der Waals surface area contributed by atoms with Gasteiger partial charge in [0.1, 0.15) is 0 Å². The third-order valence-corrected chi connectivity index (χ3v) is 5.52. The van der Waals surface area contributed by atoms with E-state index >= 15 is 0 Å². The van der Waals surface area contributed by atoms with Crippen molar-refractivity contribution in [3.05, 3.63) is 12.2 Å². The van der Waals surface area contributed by atoms with Crippen molar-refractivity contribution in [3.63, 3.8) is 0 Å². The summed E-state index contributed by atoms with van der Waals surface area (Å²) in [5.41, 5.74) is 0.594. The predicted molar refractivity (Wildman–Crippen MR) is 95.0 cm³/mol. The lowest BCUT2D eigenvalue weighted by Gasteiger charge is -2.19. The molecule has 0 heterocycles. The molecule has 0 saturated heterocycles. The summed E-state index contributed by atoms with van der Waals surface area (Å²) in [6.45, 7) is 5.32. The van der Waals surface area contributed by atoms with Crippen molar-refractivity contribution < 1.29 is 38.0 Å². The third kappa shape index (κ3) is 14.5. The summed E-state index contributed by atoms with van der Waals surface area (Å²) >= 11 is 0. The molecule has 0 radical (unpaired) electrons. The second kappa shape index (κ2) is 12.1. The molecular formula is C15H30O8P2. The van der Waals surface area contributed by atoms with E-state index < -0.39 is 21.3 Å². The fourth-order valence-electron chi connectivity index (χ4n) is 2.32. The van der Waals surface area contributed by atoms with E-state index in [2.05, 4.69) is 11.1 Å². The lowest BCUT2D eigenvalue weighted by Crippen LogP contribution is -2.12. The molecule has 0 aromatic heterocycles. The first-order valence-electron chi connectivity index (χ1n) is 8.41. The fraction of sp³-hybridized carbons (Fsp3) is 0.800. The van der Waals surface area contributed by atoms with Crippen molar-refractivity contribution in [2.75, 3.05) is 0 Å². The van der Waals surface area contributed by atoms with Gasteiger partial charge in [-0.3, -0.25) is 13.9 Å². The number of hydrogen-bond acceptors (Lipinski definition) is 4. The van der Waals surface area contributed by atoms with E-state index in [1.807, 2.05) is 0 Å². The van der Waals surface area contributed by atoms with Gasteiger partial charge in [-0.15, -0.1) is 0 Å². The Labute approximate surface area is 149 Å². The van der Waals surface area contributed by atoms with E-state index in [1.54, 1.807) is 6.92 Å². The summed E-state index contributed by atoms with van der Waals surface area (Å²) in [7, 11) is -9.64. The second-order valence-corrected chi connectivity index (χ2v) is 9.16. The molecule has 10 heteroatoms. The zero-order valence-corrected chi connectivity index (χ0v) is 16.5. The van der Waals surface area contributed by atoms with Gasteiger partial charge in [-0.05, 0) is 25.3 Å². The van der Waals surface area contributed by atoms with Gasteiger partial charge in [0.25, 0.3) is 0 Å². The van der Waals surface area contributed by atoms with Crippen LogP contribution in [0.15, 0.2) is 12.2 Å². The first kappa shape index (κ1) is 24.7. The van der Waals surface area contributed by atoms with Crippen LogP contribution < -0.4 is 0 Å². The highest BCUT2D eigenvalue weighted by Gasteiger charge is 2.35. The monoisotopic (exact) mass is 400 g/mol.